The van der Waals surface area contributed by atoms with Crippen molar-refractivity contribution in [1.29, 1.82) is 0 Å². The predicted molar refractivity (Wildman–Crippen MR) is 64.0 cm³/mol. The first kappa shape index (κ1) is 11.4. The Morgan fingerprint density at radius 1 is 1.29 bits per heavy atom. The van der Waals surface area contributed by atoms with Crippen molar-refractivity contribution in [1.82, 2.24) is 9.97 Å². The van der Waals surface area contributed by atoms with Crippen LogP contribution in [0.15, 0.2) is 46.7 Å². The Morgan fingerprint density at radius 2 is 2.12 bits per heavy atom. The molecule has 0 amide bonds. The molecule has 2 aromatic rings. The second-order valence-corrected chi connectivity index (χ2v) is 4.23. The molecular formula is C11H9N3O2S. The fourth-order valence-electron chi connectivity index (χ4n) is 1.20. The van der Waals surface area contributed by atoms with Crippen LogP contribution in [0.5, 0.6) is 0 Å². The Kier molecular flexibility index (Phi) is 3.24. The lowest BCUT2D eigenvalue weighted by atomic mass is 10.2. The third-order valence-electron chi connectivity index (χ3n) is 1.99. The highest BCUT2D eigenvalue weighted by Gasteiger charge is 2.10. The summed E-state index contributed by atoms with van der Waals surface area (Å²) in [4.78, 5) is 19.1. The Balaban J connectivity index is 2.29. The highest BCUT2D eigenvalue weighted by molar-refractivity contribution is 7.99. The first-order valence-electron chi connectivity index (χ1n) is 4.74. The maximum Gasteiger partial charge on any atom is 0.337 e. The summed E-state index contributed by atoms with van der Waals surface area (Å²) in [5, 5.41) is 10.2. The number of aromatic nitrogens is 2. The SMILES string of the molecule is Nc1cnc(Sc2ccccn2)cc1C(=O)O. The average Bonchev–Trinajstić information content (AvgIpc) is 2.32. The topological polar surface area (TPSA) is 89.1 Å². The summed E-state index contributed by atoms with van der Waals surface area (Å²) >= 11 is 1.29. The molecule has 0 aromatic carbocycles. The molecule has 2 rings (SSSR count). The number of hydrogen-bond donors (Lipinski definition) is 2. The number of aromatic carboxylic acids is 1. The summed E-state index contributed by atoms with van der Waals surface area (Å²) in [5.41, 5.74) is 5.73. The first-order valence-corrected chi connectivity index (χ1v) is 5.56. The Bertz CT molecular complexity index is 546. The van der Waals surface area contributed by atoms with Crippen LogP contribution in [0, 0.1) is 0 Å². The third-order valence-corrected chi connectivity index (χ3v) is 2.87. The first-order chi connectivity index (χ1) is 8.16. The number of anilines is 1. The zero-order valence-corrected chi connectivity index (χ0v) is 9.52. The lowest BCUT2D eigenvalue weighted by Crippen LogP contribution is -2.03. The zero-order valence-electron chi connectivity index (χ0n) is 8.70. The van der Waals surface area contributed by atoms with E-state index in [-0.39, 0.29) is 11.3 Å². The van der Waals surface area contributed by atoms with Gasteiger partial charge >= 0.3 is 5.97 Å². The molecule has 6 heteroatoms. The van der Waals surface area contributed by atoms with Crippen LogP contribution in [0.4, 0.5) is 5.69 Å². The van der Waals surface area contributed by atoms with Gasteiger partial charge in [-0.3, -0.25) is 0 Å². The Morgan fingerprint density at radius 3 is 2.76 bits per heavy atom. The number of carboxylic acid groups (broad SMARTS) is 1. The summed E-state index contributed by atoms with van der Waals surface area (Å²) in [6, 6.07) is 6.92. The number of nitrogen functional groups attached to an aromatic ring is 1. The fourth-order valence-corrected chi connectivity index (χ4v) is 1.96. The largest absolute Gasteiger partial charge is 0.478 e. The van der Waals surface area contributed by atoms with Crippen LogP contribution < -0.4 is 5.73 Å². The number of nitrogens with zero attached hydrogens (tertiary/aromatic N) is 2. The van der Waals surface area contributed by atoms with Crippen molar-refractivity contribution in [3.63, 3.8) is 0 Å². The van der Waals surface area contributed by atoms with Crippen LogP contribution in [0.2, 0.25) is 0 Å². The molecule has 5 nitrogen and oxygen atoms in total. The summed E-state index contributed by atoms with van der Waals surface area (Å²) in [7, 11) is 0. The molecular weight excluding hydrogens is 238 g/mol. The maximum absolute atomic E-state index is 10.9. The predicted octanol–water partition coefficient (Wildman–Crippen LogP) is 1.91. The Labute approximate surface area is 102 Å². The van der Waals surface area contributed by atoms with Gasteiger partial charge in [-0.1, -0.05) is 17.8 Å². The van der Waals surface area contributed by atoms with E-state index in [1.807, 2.05) is 18.2 Å². The number of carboxylic acids is 1. The van der Waals surface area contributed by atoms with Gasteiger partial charge in [-0.25, -0.2) is 14.8 Å². The molecule has 86 valence electrons. The third kappa shape index (κ3) is 2.73. The van der Waals surface area contributed by atoms with Crippen LogP contribution in [0.3, 0.4) is 0 Å². The molecule has 3 N–H and O–H groups in total. The molecule has 0 saturated carbocycles. The van der Waals surface area contributed by atoms with E-state index in [4.69, 9.17) is 10.8 Å². The van der Waals surface area contributed by atoms with Crippen molar-refractivity contribution in [2.45, 2.75) is 10.1 Å². The highest BCUT2D eigenvalue weighted by atomic mass is 32.2. The highest BCUT2D eigenvalue weighted by Crippen LogP contribution is 2.25. The minimum atomic E-state index is -1.06. The van der Waals surface area contributed by atoms with Gasteiger partial charge in [0.2, 0.25) is 0 Å². The van der Waals surface area contributed by atoms with Crippen LogP contribution in [-0.2, 0) is 0 Å². The standard InChI is InChI=1S/C11H9N3O2S/c12-8-6-14-10(5-7(8)11(15)16)17-9-3-1-2-4-13-9/h1-6H,12H2,(H,15,16). The van der Waals surface area contributed by atoms with E-state index in [1.54, 1.807) is 6.20 Å². The average molecular weight is 247 g/mol. The molecule has 0 saturated heterocycles. The van der Waals surface area contributed by atoms with Crippen LogP contribution in [0.1, 0.15) is 10.4 Å². The van der Waals surface area contributed by atoms with Gasteiger partial charge < -0.3 is 10.8 Å². The van der Waals surface area contributed by atoms with Gasteiger partial charge in [-0.05, 0) is 18.2 Å². The molecule has 17 heavy (non-hydrogen) atoms. The number of rotatable bonds is 3. The van der Waals surface area contributed by atoms with Crippen LogP contribution >= 0.6 is 11.8 Å². The van der Waals surface area contributed by atoms with Crippen LogP contribution in [-0.4, -0.2) is 21.0 Å². The van der Waals surface area contributed by atoms with E-state index in [1.165, 1.54) is 24.0 Å². The van der Waals surface area contributed by atoms with E-state index in [9.17, 15) is 4.79 Å². The maximum atomic E-state index is 10.9. The zero-order chi connectivity index (χ0) is 12.3. The molecule has 2 aromatic heterocycles. The molecule has 0 bridgehead atoms. The second-order valence-electron chi connectivity index (χ2n) is 3.18. The van der Waals surface area contributed by atoms with E-state index in [0.717, 1.165) is 5.03 Å². The summed E-state index contributed by atoms with van der Waals surface area (Å²) in [6.07, 6.45) is 3.01. The normalized spacial score (nSPS) is 10.1. The van der Waals surface area contributed by atoms with Gasteiger partial charge in [0.1, 0.15) is 10.1 Å². The van der Waals surface area contributed by atoms with Crippen molar-refractivity contribution in [3.05, 3.63) is 42.2 Å². The molecule has 0 atom stereocenters. The van der Waals surface area contributed by atoms with Crippen molar-refractivity contribution in [2.75, 3.05) is 5.73 Å². The van der Waals surface area contributed by atoms with Gasteiger partial charge in [0.25, 0.3) is 0 Å². The Hall–Kier alpha value is -2.08. The van der Waals surface area contributed by atoms with Gasteiger partial charge in [-0.15, -0.1) is 0 Å². The lowest BCUT2D eigenvalue weighted by molar-refractivity contribution is 0.0697. The number of carbonyl (C=O) groups is 1. The van der Waals surface area contributed by atoms with Gasteiger partial charge in [0.05, 0.1) is 17.4 Å². The molecule has 0 unspecified atom stereocenters. The van der Waals surface area contributed by atoms with E-state index in [0.29, 0.717) is 5.03 Å². The molecule has 0 aliphatic carbocycles. The van der Waals surface area contributed by atoms with Crippen molar-refractivity contribution < 1.29 is 9.90 Å². The van der Waals surface area contributed by atoms with Crippen molar-refractivity contribution in [3.8, 4) is 0 Å². The number of pyridine rings is 2. The molecule has 0 aliphatic heterocycles. The minimum absolute atomic E-state index is 0.0541. The minimum Gasteiger partial charge on any atom is -0.478 e. The summed E-state index contributed by atoms with van der Waals surface area (Å²) in [5.74, 6) is -1.06. The van der Waals surface area contributed by atoms with Crippen LogP contribution in [0.25, 0.3) is 0 Å². The lowest BCUT2D eigenvalue weighted by Gasteiger charge is -2.03. The number of nitrogens with two attached hydrogens (primary N) is 1. The molecule has 0 radical (unpaired) electrons. The van der Waals surface area contributed by atoms with E-state index in [2.05, 4.69) is 9.97 Å². The van der Waals surface area contributed by atoms with Gasteiger partial charge in [-0.2, -0.15) is 0 Å². The smallest absolute Gasteiger partial charge is 0.337 e. The van der Waals surface area contributed by atoms with Crippen molar-refractivity contribution in [2.24, 2.45) is 0 Å². The molecule has 2 heterocycles. The monoisotopic (exact) mass is 247 g/mol. The van der Waals surface area contributed by atoms with E-state index < -0.39 is 5.97 Å². The van der Waals surface area contributed by atoms with E-state index >= 15 is 0 Å². The fraction of sp³-hybridized carbons (Fsp3) is 0. The molecule has 0 aliphatic rings. The summed E-state index contributed by atoms with van der Waals surface area (Å²) in [6.45, 7) is 0. The molecule has 0 fully saturated rings. The second kappa shape index (κ2) is 4.84. The van der Waals surface area contributed by atoms with Gasteiger partial charge in [0.15, 0.2) is 0 Å². The molecule has 0 spiro atoms. The van der Waals surface area contributed by atoms with Gasteiger partial charge in [0, 0.05) is 6.20 Å². The summed E-state index contributed by atoms with van der Waals surface area (Å²) < 4.78 is 0. The van der Waals surface area contributed by atoms with Crippen molar-refractivity contribution >= 4 is 23.4 Å². The number of hydrogen-bond acceptors (Lipinski definition) is 5. The quantitative estimate of drug-likeness (QED) is 0.861.